The van der Waals surface area contributed by atoms with E-state index in [0.29, 0.717) is 11.1 Å². The zero-order chi connectivity index (χ0) is 14.5. The van der Waals surface area contributed by atoms with Crippen LogP contribution in [0.15, 0.2) is 36.4 Å². The maximum atomic E-state index is 12.0. The fourth-order valence-corrected chi connectivity index (χ4v) is 1.94. The van der Waals surface area contributed by atoms with Gasteiger partial charge in [-0.1, -0.05) is 25.1 Å². The van der Waals surface area contributed by atoms with Crippen molar-refractivity contribution in [2.45, 2.75) is 13.3 Å². The van der Waals surface area contributed by atoms with Crippen LogP contribution in [0.25, 0.3) is 0 Å². The summed E-state index contributed by atoms with van der Waals surface area (Å²) in [6, 6.07) is 6.66. The molecule has 2 amide bonds. The van der Waals surface area contributed by atoms with Crippen LogP contribution in [0.4, 0.5) is 0 Å². The van der Waals surface area contributed by atoms with Crippen molar-refractivity contribution in [3.63, 3.8) is 0 Å². The summed E-state index contributed by atoms with van der Waals surface area (Å²) >= 11 is 0. The van der Waals surface area contributed by atoms with Gasteiger partial charge in [0.05, 0.1) is 17.7 Å². The quantitative estimate of drug-likeness (QED) is 0.466. The minimum atomic E-state index is -0.469. The second kappa shape index (κ2) is 6.14. The molecule has 1 aromatic rings. The first-order valence-corrected chi connectivity index (χ1v) is 6.43. The van der Waals surface area contributed by atoms with Crippen molar-refractivity contribution in [2.24, 2.45) is 0 Å². The highest BCUT2D eigenvalue weighted by atomic mass is 16.5. The monoisotopic (exact) mass is 273 g/mol. The molecule has 0 bridgehead atoms. The average molecular weight is 273 g/mol. The summed E-state index contributed by atoms with van der Waals surface area (Å²) in [5.74, 6) is -1.15. The number of esters is 1. The molecule has 0 unspecified atom stereocenters. The van der Waals surface area contributed by atoms with Gasteiger partial charge in [-0.2, -0.15) is 0 Å². The van der Waals surface area contributed by atoms with Gasteiger partial charge < -0.3 is 4.74 Å². The van der Waals surface area contributed by atoms with Gasteiger partial charge >= 0.3 is 5.97 Å². The maximum absolute atomic E-state index is 12.0. The van der Waals surface area contributed by atoms with Crippen molar-refractivity contribution in [3.05, 3.63) is 47.5 Å². The number of carbonyl (C=O) groups excluding carboxylic acids is 3. The van der Waals surface area contributed by atoms with Gasteiger partial charge in [0.1, 0.15) is 6.61 Å². The number of hydrogen-bond donors (Lipinski definition) is 0. The highest BCUT2D eigenvalue weighted by Crippen LogP contribution is 2.21. The smallest absolute Gasteiger partial charge is 0.330 e. The number of nitrogens with zero attached hydrogens (tertiary/aromatic N) is 1. The molecule has 0 aromatic heterocycles. The Morgan fingerprint density at radius 2 is 1.80 bits per heavy atom. The normalized spacial score (nSPS) is 13.9. The predicted molar refractivity (Wildman–Crippen MR) is 72.2 cm³/mol. The third-order valence-corrected chi connectivity index (χ3v) is 2.93. The minimum absolute atomic E-state index is 0.00163. The zero-order valence-electron chi connectivity index (χ0n) is 11.2. The van der Waals surface area contributed by atoms with Gasteiger partial charge in [-0.25, -0.2) is 4.79 Å². The molecule has 0 N–H and O–H groups in total. The second-order valence-electron chi connectivity index (χ2n) is 4.29. The highest BCUT2D eigenvalue weighted by molar-refractivity contribution is 6.21. The molecular formula is C15H15NO4. The molecule has 0 fully saturated rings. The van der Waals surface area contributed by atoms with Gasteiger partial charge in [0, 0.05) is 6.08 Å². The van der Waals surface area contributed by atoms with E-state index in [9.17, 15) is 14.4 Å². The molecule has 0 aliphatic carbocycles. The lowest BCUT2D eigenvalue weighted by atomic mass is 10.1. The predicted octanol–water partition coefficient (Wildman–Crippen LogP) is 1.79. The van der Waals surface area contributed by atoms with Crippen LogP contribution in [0, 0.1) is 0 Å². The van der Waals surface area contributed by atoms with Crippen LogP contribution in [0.2, 0.25) is 0 Å². The lowest BCUT2D eigenvalue weighted by Gasteiger charge is -2.13. The Hall–Kier alpha value is -2.43. The van der Waals surface area contributed by atoms with Crippen LogP contribution < -0.4 is 0 Å². The van der Waals surface area contributed by atoms with Crippen molar-refractivity contribution in [1.29, 1.82) is 0 Å². The van der Waals surface area contributed by atoms with Gasteiger partial charge in [0.25, 0.3) is 11.8 Å². The largest absolute Gasteiger partial charge is 0.461 e. The number of ether oxygens (including phenoxy) is 1. The van der Waals surface area contributed by atoms with Crippen molar-refractivity contribution in [2.75, 3.05) is 13.2 Å². The molecule has 0 atom stereocenters. The molecule has 1 aliphatic heterocycles. The van der Waals surface area contributed by atoms with E-state index in [1.54, 1.807) is 30.3 Å². The molecule has 0 saturated carbocycles. The Balaban J connectivity index is 1.93. The van der Waals surface area contributed by atoms with E-state index in [1.165, 1.54) is 6.08 Å². The maximum Gasteiger partial charge on any atom is 0.330 e. The lowest BCUT2D eigenvalue weighted by Crippen LogP contribution is -2.33. The Morgan fingerprint density at radius 3 is 2.35 bits per heavy atom. The number of rotatable bonds is 5. The number of amides is 2. The lowest BCUT2D eigenvalue weighted by molar-refractivity contribution is -0.137. The first-order chi connectivity index (χ1) is 9.65. The summed E-state index contributed by atoms with van der Waals surface area (Å²) in [5.41, 5.74) is 0.796. The number of allylic oxidation sites excluding steroid dienone is 1. The third kappa shape index (κ3) is 2.77. The summed E-state index contributed by atoms with van der Waals surface area (Å²) in [7, 11) is 0. The standard InChI is InChI=1S/C15H15NO4/c1-2-3-8-13(17)20-10-9-16-14(18)11-6-4-5-7-12(11)15(16)19/h3-8H,2,9-10H2,1H3/b8-3+. The van der Waals surface area contributed by atoms with Crippen LogP contribution in [-0.4, -0.2) is 35.8 Å². The fourth-order valence-electron chi connectivity index (χ4n) is 1.94. The Morgan fingerprint density at radius 1 is 1.20 bits per heavy atom. The van der Waals surface area contributed by atoms with Gasteiger partial charge in [-0.15, -0.1) is 0 Å². The van der Waals surface area contributed by atoms with E-state index in [2.05, 4.69) is 0 Å². The number of benzene rings is 1. The average Bonchev–Trinajstić information content (AvgIpc) is 2.70. The van der Waals surface area contributed by atoms with Gasteiger partial charge in [-0.3, -0.25) is 14.5 Å². The fraction of sp³-hybridized carbons (Fsp3) is 0.267. The number of fused-ring (bicyclic) bond motifs is 1. The van der Waals surface area contributed by atoms with Crippen molar-refractivity contribution in [3.8, 4) is 0 Å². The van der Waals surface area contributed by atoms with E-state index in [0.717, 1.165) is 11.3 Å². The Bertz CT molecular complexity index is 542. The minimum Gasteiger partial charge on any atom is -0.461 e. The molecule has 0 radical (unpaired) electrons. The molecule has 0 spiro atoms. The van der Waals surface area contributed by atoms with Crippen LogP contribution in [-0.2, 0) is 9.53 Å². The Labute approximate surface area is 116 Å². The van der Waals surface area contributed by atoms with Gasteiger partial charge in [0.15, 0.2) is 0 Å². The molecule has 20 heavy (non-hydrogen) atoms. The summed E-state index contributed by atoms with van der Waals surface area (Å²) < 4.78 is 4.93. The topological polar surface area (TPSA) is 63.7 Å². The number of carbonyl (C=O) groups is 3. The second-order valence-corrected chi connectivity index (χ2v) is 4.29. The Kier molecular flexibility index (Phi) is 4.30. The van der Waals surface area contributed by atoms with Crippen LogP contribution in [0.3, 0.4) is 0 Å². The van der Waals surface area contributed by atoms with Crippen molar-refractivity contribution < 1.29 is 19.1 Å². The van der Waals surface area contributed by atoms with E-state index in [-0.39, 0.29) is 25.0 Å². The molecule has 2 rings (SSSR count). The van der Waals surface area contributed by atoms with Crippen LogP contribution >= 0.6 is 0 Å². The van der Waals surface area contributed by atoms with Gasteiger partial charge in [-0.05, 0) is 18.6 Å². The van der Waals surface area contributed by atoms with Crippen LogP contribution in [0.1, 0.15) is 34.1 Å². The van der Waals surface area contributed by atoms with E-state index in [4.69, 9.17) is 4.74 Å². The van der Waals surface area contributed by atoms with Gasteiger partial charge in [0.2, 0.25) is 0 Å². The SMILES string of the molecule is CC/C=C/C(=O)OCCN1C(=O)c2ccccc2C1=O. The summed E-state index contributed by atoms with van der Waals surface area (Å²) in [5, 5.41) is 0. The summed E-state index contributed by atoms with van der Waals surface area (Å²) in [6.07, 6.45) is 3.76. The summed E-state index contributed by atoms with van der Waals surface area (Å²) in [6.45, 7) is 1.97. The highest BCUT2D eigenvalue weighted by Gasteiger charge is 2.34. The molecule has 1 heterocycles. The number of hydrogen-bond acceptors (Lipinski definition) is 4. The molecule has 1 aliphatic rings. The first-order valence-electron chi connectivity index (χ1n) is 6.43. The molecule has 1 aromatic carbocycles. The molecule has 5 heteroatoms. The molecule has 0 saturated heterocycles. The zero-order valence-corrected chi connectivity index (χ0v) is 11.2. The number of imide groups is 1. The van der Waals surface area contributed by atoms with E-state index < -0.39 is 5.97 Å². The van der Waals surface area contributed by atoms with Crippen LogP contribution in [0.5, 0.6) is 0 Å². The molecule has 5 nitrogen and oxygen atoms in total. The van der Waals surface area contributed by atoms with Crippen molar-refractivity contribution >= 4 is 17.8 Å². The molecular weight excluding hydrogens is 258 g/mol. The van der Waals surface area contributed by atoms with Crippen molar-refractivity contribution in [1.82, 2.24) is 4.90 Å². The third-order valence-electron chi connectivity index (χ3n) is 2.93. The summed E-state index contributed by atoms with van der Waals surface area (Å²) in [4.78, 5) is 36.4. The molecule has 104 valence electrons. The van der Waals surface area contributed by atoms with E-state index in [1.807, 2.05) is 6.92 Å². The van der Waals surface area contributed by atoms with E-state index >= 15 is 0 Å². The first kappa shape index (κ1) is 14.0.